The van der Waals surface area contributed by atoms with E-state index in [1.165, 1.54) is 47.9 Å². The Morgan fingerprint density at radius 1 is 0.939 bits per heavy atom. The predicted molar refractivity (Wildman–Crippen MR) is 137 cm³/mol. The maximum atomic E-state index is 10.4. The van der Waals surface area contributed by atoms with Crippen molar-refractivity contribution in [3.05, 3.63) is 75.9 Å². The molecule has 0 spiro atoms. The zero-order chi connectivity index (χ0) is 24.1. The molecule has 3 rings (SSSR count). The van der Waals surface area contributed by atoms with Gasteiger partial charge in [-0.1, -0.05) is 89.1 Å². The molecule has 1 fully saturated rings. The van der Waals surface area contributed by atoms with Gasteiger partial charge < -0.3 is 15.3 Å². The van der Waals surface area contributed by atoms with Gasteiger partial charge in [0.25, 0.3) is 0 Å². The normalized spacial score (nSPS) is 17.1. The highest BCUT2D eigenvalue weighted by Gasteiger charge is 2.35. The first-order valence-electron chi connectivity index (χ1n) is 12.5. The molecule has 1 aliphatic carbocycles. The second-order valence-corrected chi connectivity index (χ2v) is 10.8. The second kappa shape index (κ2) is 11.0. The van der Waals surface area contributed by atoms with Crippen molar-refractivity contribution in [2.24, 2.45) is 5.41 Å². The maximum absolute atomic E-state index is 10.4. The van der Waals surface area contributed by atoms with Gasteiger partial charge in [0.15, 0.2) is 0 Å². The molecule has 0 radical (unpaired) electrons. The van der Waals surface area contributed by atoms with Gasteiger partial charge in [-0.05, 0) is 76.3 Å². The molecule has 1 saturated carbocycles. The zero-order valence-electron chi connectivity index (χ0n) is 20.9. The predicted octanol–water partition coefficient (Wildman–Crippen LogP) is 6.10. The van der Waals surface area contributed by atoms with E-state index in [0.717, 1.165) is 30.4 Å². The van der Waals surface area contributed by atoms with E-state index in [-0.39, 0.29) is 24.0 Å². The van der Waals surface area contributed by atoms with E-state index in [1.54, 1.807) is 0 Å². The molecule has 3 N–H and O–H groups in total. The number of benzene rings is 2. The Hall–Kier alpha value is -1.94. The number of aliphatic hydroxyl groups excluding tert-OH is 3. The van der Waals surface area contributed by atoms with E-state index in [1.807, 2.05) is 12.1 Å². The molecular weight excluding hydrogens is 408 g/mol. The Morgan fingerprint density at radius 2 is 1.64 bits per heavy atom. The van der Waals surface area contributed by atoms with Crippen LogP contribution in [0.25, 0.3) is 6.08 Å². The summed E-state index contributed by atoms with van der Waals surface area (Å²) in [7, 11) is 0. The molecular formula is C30H42O3. The van der Waals surface area contributed by atoms with Gasteiger partial charge in [-0.2, -0.15) is 0 Å². The highest BCUT2D eigenvalue weighted by molar-refractivity contribution is 5.56. The number of hydrogen-bond donors (Lipinski definition) is 3. The maximum Gasteiger partial charge on any atom is 0.0772 e. The summed E-state index contributed by atoms with van der Waals surface area (Å²) in [4.78, 5) is 0. The van der Waals surface area contributed by atoms with Gasteiger partial charge in [0.1, 0.15) is 0 Å². The van der Waals surface area contributed by atoms with Crippen LogP contribution in [0.2, 0.25) is 0 Å². The summed E-state index contributed by atoms with van der Waals surface area (Å²) >= 11 is 0. The van der Waals surface area contributed by atoms with Crippen molar-refractivity contribution in [2.75, 3.05) is 0 Å². The van der Waals surface area contributed by atoms with Gasteiger partial charge in [-0.3, -0.25) is 0 Å². The quantitative estimate of drug-likeness (QED) is 0.433. The van der Waals surface area contributed by atoms with E-state index in [0.29, 0.717) is 0 Å². The molecule has 3 heteroatoms. The van der Waals surface area contributed by atoms with Gasteiger partial charge in [-0.15, -0.1) is 0 Å². The molecule has 2 aromatic rings. The van der Waals surface area contributed by atoms with Crippen molar-refractivity contribution in [1.82, 2.24) is 0 Å². The lowest BCUT2D eigenvalue weighted by Gasteiger charge is -2.31. The smallest absolute Gasteiger partial charge is 0.0772 e. The number of rotatable bonds is 9. The van der Waals surface area contributed by atoms with Gasteiger partial charge in [0, 0.05) is 0 Å². The SMILES string of the molecule is CCc1cc(C2(CCc3ccc(CO)c(CO)c3)CCCC2)ccc1/C=C/C(O)C(C)(C)C. The monoisotopic (exact) mass is 450 g/mol. The summed E-state index contributed by atoms with van der Waals surface area (Å²) in [5, 5.41) is 29.5. The minimum atomic E-state index is -0.468. The Kier molecular flexibility index (Phi) is 8.55. The second-order valence-electron chi connectivity index (χ2n) is 10.8. The minimum Gasteiger partial charge on any atom is -0.392 e. The first-order valence-corrected chi connectivity index (χ1v) is 12.5. The molecule has 3 nitrogen and oxygen atoms in total. The lowest BCUT2D eigenvalue weighted by atomic mass is 9.73. The van der Waals surface area contributed by atoms with Crippen LogP contribution in [0.15, 0.2) is 42.5 Å². The van der Waals surface area contributed by atoms with Gasteiger partial charge in [0.05, 0.1) is 19.3 Å². The van der Waals surface area contributed by atoms with Crippen molar-refractivity contribution in [1.29, 1.82) is 0 Å². The fourth-order valence-electron chi connectivity index (χ4n) is 5.14. The minimum absolute atomic E-state index is 0.0341. The van der Waals surface area contributed by atoms with Crippen LogP contribution in [0.3, 0.4) is 0 Å². The summed E-state index contributed by atoms with van der Waals surface area (Å²) in [6, 6.07) is 13.0. The van der Waals surface area contributed by atoms with Gasteiger partial charge in [0.2, 0.25) is 0 Å². The van der Waals surface area contributed by atoms with Crippen molar-refractivity contribution in [3.8, 4) is 0 Å². The molecule has 0 heterocycles. The first kappa shape index (κ1) is 25.7. The molecule has 1 atom stereocenters. The molecule has 33 heavy (non-hydrogen) atoms. The molecule has 1 aliphatic rings. The number of hydrogen-bond acceptors (Lipinski definition) is 3. The summed E-state index contributed by atoms with van der Waals surface area (Å²) in [5.74, 6) is 0. The van der Waals surface area contributed by atoms with Crippen molar-refractivity contribution < 1.29 is 15.3 Å². The Labute approximate surface area is 200 Å². The highest BCUT2D eigenvalue weighted by atomic mass is 16.3. The fraction of sp³-hybridized carbons (Fsp3) is 0.533. The molecule has 0 bridgehead atoms. The third kappa shape index (κ3) is 6.15. The summed E-state index contributed by atoms with van der Waals surface area (Å²) in [6.45, 7) is 8.29. The van der Waals surface area contributed by atoms with Crippen LogP contribution >= 0.6 is 0 Å². The molecule has 0 aromatic heterocycles. The molecule has 0 amide bonds. The van der Waals surface area contributed by atoms with Crippen molar-refractivity contribution >= 4 is 6.08 Å². The fourth-order valence-corrected chi connectivity index (χ4v) is 5.14. The van der Waals surface area contributed by atoms with Crippen LogP contribution < -0.4 is 0 Å². The molecule has 0 aliphatic heterocycles. The average molecular weight is 451 g/mol. The summed E-state index contributed by atoms with van der Waals surface area (Å²) in [6.07, 6.45) is 11.6. The lowest BCUT2D eigenvalue weighted by molar-refractivity contribution is 0.106. The van der Waals surface area contributed by atoms with Gasteiger partial charge in [-0.25, -0.2) is 0 Å². The van der Waals surface area contributed by atoms with Crippen LogP contribution in [0.1, 0.15) is 93.2 Å². The third-order valence-electron chi connectivity index (χ3n) is 7.55. The van der Waals surface area contributed by atoms with E-state index in [9.17, 15) is 15.3 Å². The summed E-state index contributed by atoms with van der Waals surface area (Å²) in [5.41, 5.74) is 6.89. The van der Waals surface area contributed by atoms with Crippen LogP contribution in [-0.2, 0) is 31.5 Å². The largest absolute Gasteiger partial charge is 0.392 e. The third-order valence-corrected chi connectivity index (χ3v) is 7.55. The zero-order valence-corrected chi connectivity index (χ0v) is 20.9. The molecule has 1 unspecified atom stereocenters. The van der Waals surface area contributed by atoms with Gasteiger partial charge >= 0.3 is 0 Å². The average Bonchev–Trinajstić information content (AvgIpc) is 3.30. The van der Waals surface area contributed by atoms with Crippen molar-refractivity contribution in [2.45, 2.75) is 97.4 Å². The Bertz CT molecular complexity index is 945. The molecule has 180 valence electrons. The van der Waals surface area contributed by atoms with E-state index in [4.69, 9.17) is 0 Å². The lowest BCUT2D eigenvalue weighted by Crippen LogP contribution is -2.24. The molecule has 0 saturated heterocycles. The highest BCUT2D eigenvalue weighted by Crippen LogP contribution is 2.45. The number of aryl methyl sites for hydroxylation is 2. The Morgan fingerprint density at radius 3 is 2.24 bits per heavy atom. The van der Waals surface area contributed by atoms with E-state index in [2.05, 4.69) is 64.1 Å². The van der Waals surface area contributed by atoms with Crippen LogP contribution in [0, 0.1) is 5.41 Å². The van der Waals surface area contributed by atoms with Crippen LogP contribution in [0.4, 0.5) is 0 Å². The number of aliphatic hydroxyl groups is 3. The summed E-state index contributed by atoms with van der Waals surface area (Å²) < 4.78 is 0. The standard InChI is InChI=1S/C30H42O3/c1-5-23-19-27(12-10-24(23)11-13-28(33)29(2,3)4)30(15-6-7-16-30)17-14-22-8-9-25(20-31)26(18-22)21-32/h8-13,18-19,28,31-33H,5-7,14-17,20-21H2,1-4H3/b13-11+. The first-order chi connectivity index (χ1) is 15.7. The van der Waals surface area contributed by atoms with E-state index < -0.39 is 6.10 Å². The van der Waals surface area contributed by atoms with Crippen molar-refractivity contribution in [3.63, 3.8) is 0 Å². The molecule has 2 aromatic carbocycles. The van der Waals surface area contributed by atoms with Crippen LogP contribution in [-0.4, -0.2) is 21.4 Å². The topological polar surface area (TPSA) is 60.7 Å². The van der Waals surface area contributed by atoms with Crippen LogP contribution in [0.5, 0.6) is 0 Å². The van der Waals surface area contributed by atoms with E-state index >= 15 is 0 Å². The Balaban J connectivity index is 1.83.